The predicted octanol–water partition coefficient (Wildman–Crippen LogP) is 1.91. The van der Waals surface area contributed by atoms with Crippen LogP contribution in [0, 0.1) is 5.41 Å². The second kappa shape index (κ2) is 6.84. The van der Waals surface area contributed by atoms with E-state index in [9.17, 15) is 4.79 Å². The van der Waals surface area contributed by atoms with Crippen molar-refractivity contribution in [1.29, 1.82) is 0 Å². The van der Waals surface area contributed by atoms with Gasteiger partial charge in [0, 0.05) is 31.4 Å². The van der Waals surface area contributed by atoms with Gasteiger partial charge in [-0.15, -0.1) is 0 Å². The van der Waals surface area contributed by atoms with E-state index in [1.165, 1.54) is 12.8 Å². The van der Waals surface area contributed by atoms with Crippen molar-refractivity contribution in [3.63, 3.8) is 0 Å². The van der Waals surface area contributed by atoms with E-state index in [0.717, 1.165) is 25.1 Å². The van der Waals surface area contributed by atoms with E-state index in [4.69, 9.17) is 0 Å². The molecule has 1 fully saturated rings. The molecule has 1 aliphatic heterocycles. The summed E-state index contributed by atoms with van der Waals surface area (Å²) in [7, 11) is 0. The number of aryl methyl sites for hydroxylation is 1. The molecule has 1 unspecified atom stereocenters. The minimum atomic E-state index is 0.122. The van der Waals surface area contributed by atoms with E-state index in [-0.39, 0.29) is 11.3 Å². The van der Waals surface area contributed by atoms with Crippen molar-refractivity contribution in [2.45, 2.75) is 45.6 Å². The van der Waals surface area contributed by atoms with Gasteiger partial charge in [-0.1, -0.05) is 19.9 Å². The summed E-state index contributed by atoms with van der Waals surface area (Å²) in [6, 6.07) is 4.28. The quantitative estimate of drug-likeness (QED) is 0.863. The Morgan fingerprint density at radius 3 is 3.10 bits per heavy atom. The fraction of sp³-hybridized carbons (Fsp3) is 0.625. The summed E-state index contributed by atoms with van der Waals surface area (Å²) in [4.78, 5) is 16.0. The van der Waals surface area contributed by atoms with Crippen LogP contribution in [0.1, 0.15) is 38.7 Å². The number of carbonyl (C=O) groups is 1. The smallest absolute Gasteiger partial charge is 0.220 e. The molecule has 0 aliphatic carbocycles. The van der Waals surface area contributed by atoms with Gasteiger partial charge in [-0.05, 0) is 42.9 Å². The third kappa shape index (κ3) is 4.30. The molecule has 1 aliphatic rings. The molecule has 20 heavy (non-hydrogen) atoms. The first-order valence-electron chi connectivity index (χ1n) is 7.47. The highest BCUT2D eigenvalue weighted by Crippen LogP contribution is 2.29. The van der Waals surface area contributed by atoms with E-state index in [2.05, 4.69) is 29.5 Å². The lowest BCUT2D eigenvalue weighted by molar-refractivity contribution is -0.121. The van der Waals surface area contributed by atoms with Crippen LogP contribution in [0.5, 0.6) is 0 Å². The zero-order valence-corrected chi connectivity index (χ0v) is 12.5. The third-order valence-corrected chi connectivity index (χ3v) is 4.20. The van der Waals surface area contributed by atoms with Crippen LogP contribution in [0.3, 0.4) is 0 Å². The van der Waals surface area contributed by atoms with Crippen molar-refractivity contribution < 1.29 is 4.79 Å². The van der Waals surface area contributed by atoms with Crippen molar-refractivity contribution in [2.24, 2.45) is 5.41 Å². The lowest BCUT2D eigenvalue weighted by Gasteiger charge is -2.39. The molecule has 0 spiro atoms. The number of piperidine rings is 1. The minimum absolute atomic E-state index is 0.122. The molecule has 0 aromatic carbocycles. The molecule has 2 N–H and O–H groups in total. The molecule has 1 atom stereocenters. The summed E-state index contributed by atoms with van der Waals surface area (Å²) >= 11 is 0. The number of nitrogens with zero attached hydrogens (tertiary/aromatic N) is 1. The number of hydrogen-bond donors (Lipinski definition) is 2. The lowest BCUT2D eigenvalue weighted by atomic mass is 9.77. The summed E-state index contributed by atoms with van der Waals surface area (Å²) < 4.78 is 0. The van der Waals surface area contributed by atoms with Crippen LogP contribution in [0.2, 0.25) is 0 Å². The molecule has 1 amide bonds. The van der Waals surface area contributed by atoms with E-state index < -0.39 is 0 Å². The fourth-order valence-electron chi connectivity index (χ4n) is 2.73. The molecular formula is C16H25N3O. The lowest BCUT2D eigenvalue weighted by Crippen LogP contribution is -2.52. The van der Waals surface area contributed by atoms with Gasteiger partial charge in [0.05, 0.1) is 0 Å². The first-order valence-corrected chi connectivity index (χ1v) is 7.47. The van der Waals surface area contributed by atoms with Gasteiger partial charge in [-0.2, -0.15) is 0 Å². The zero-order valence-electron chi connectivity index (χ0n) is 12.5. The topological polar surface area (TPSA) is 54.0 Å². The van der Waals surface area contributed by atoms with Gasteiger partial charge in [-0.3, -0.25) is 9.78 Å². The summed E-state index contributed by atoms with van der Waals surface area (Å²) in [5.74, 6) is 0.122. The van der Waals surface area contributed by atoms with E-state index >= 15 is 0 Å². The molecule has 0 saturated carbocycles. The molecular weight excluding hydrogens is 250 g/mol. The number of carbonyl (C=O) groups excluding carboxylic acids is 1. The van der Waals surface area contributed by atoms with Crippen molar-refractivity contribution in [3.05, 3.63) is 30.1 Å². The number of pyridine rings is 1. The molecule has 1 aromatic rings. The average Bonchev–Trinajstić information content (AvgIpc) is 2.44. The van der Waals surface area contributed by atoms with Gasteiger partial charge in [0.1, 0.15) is 0 Å². The van der Waals surface area contributed by atoms with Gasteiger partial charge in [-0.25, -0.2) is 0 Å². The first-order chi connectivity index (χ1) is 9.58. The monoisotopic (exact) mass is 275 g/mol. The maximum absolute atomic E-state index is 11.9. The minimum Gasteiger partial charge on any atom is -0.355 e. The van der Waals surface area contributed by atoms with Crippen LogP contribution in [-0.2, 0) is 11.2 Å². The van der Waals surface area contributed by atoms with Crippen LogP contribution >= 0.6 is 0 Å². The van der Waals surface area contributed by atoms with E-state index in [0.29, 0.717) is 12.5 Å². The van der Waals surface area contributed by atoms with Crippen molar-refractivity contribution >= 4 is 5.91 Å². The van der Waals surface area contributed by atoms with Crippen LogP contribution in [0.15, 0.2) is 24.5 Å². The molecule has 2 rings (SSSR count). The van der Waals surface area contributed by atoms with Crippen LogP contribution in [-0.4, -0.2) is 30.0 Å². The molecule has 2 heterocycles. The van der Waals surface area contributed by atoms with Gasteiger partial charge in [0.25, 0.3) is 0 Å². The standard InChI is InChI=1S/C16H25N3O/c1-16(2)8-4-10-18-14(16)12-19-15(20)7-6-13-5-3-9-17-11-13/h3,5,9,11,14,18H,4,6-8,10,12H2,1-2H3,(H,19,20). The molecule has 4 nitrogen and oxygen atoms in total. The number of amides is 1. The Morgan fingerprint density at radius 2 is 2.40 bits per heavy atom. The normalized spacial score (nSPS) is 21.4. The summed E-state index contributed by atoms with van der Waals surface area (Å²) in [6.45, 7) is 6.32. The highest BCUT2D eigenvalue weighted by Gasteiger charge is 2.31. The Hall–Kier alpha value is -1.42. The molecule has 1 saturated heterocycles. The van der Waals surface area contributed by atoms with Gasteiger partial charge < -0.3 is 10.6 Å². The Balaban J connectivity index is 1.72. The van der Waals surface area contributed by atoms with Gasteiger partial charge >= 0.3 is 0 Å². The molecule has 0 radical (unpaired) electrons. The maximum Gasteiger partial charge on any atom is 0.220 e. The third-order valence-electron chi connectivity index (χ3n) is 4.20. The summed E-state index contributed by atoms with van der Waals surface area (Å²) in [6.07, 6.45) is 7.29. The highest BCUT2D eigenvalue weighted by atomic mass is 16.1. The van der Waals surface area contributed by atoms with Crippen LogP contribution < -0.4 is 10.6 Å². The zero-order chi connectivity index (χ0) is 14.4. The van der Waals surface area contributed by atoms with Crippen molar-refractivity contribution in [2.75, 3.05) is 13.1 Å². The van der Waals surface area contributed by atoms with Crippen LogP contribution in [0.25, 0.3) is 0 Å². The largest absolute Gasteiger partial charge is 0.355 e. The van der Waals surface area contributed by atoms with Crippen LogP contribution in [0.4, 0.5) is 0 Å². The molecule has 110 valence electrons. The average molecular weight is 275 g/mol. The summed E-state index contributed by atoms with van der Waals surface area (Å²) in [5.41, 5.74) is 1.37. The Morgan fingerprint density at radius 1 is 1.55 bits per heavy atom. The number of nitrogens with one attached hydrogen (secondary N) is 2. The highest BCUT2D eigenvalue weighted by molar-refractivity contribution is 5.76. The predicted molar refractivity (Wildman–Crippen MR) is 80.4 cm³/mol. The Kier molecular flexibility index (Phi) is 5.12. The van der Waals surface area contributed by atoms with Crippen molar-refractivity contribution in [1.82, 2.24) is 15.6 Å². The maximum atomic E-state index is 11.9. The van der Waals surface area contributed by atoms with Crippen molar-refractivity contribution in [3.8, 4) is 0 Å². The van der Waals surface area contributed by atoms with E-state index in [1.54, 1.807) is 6.20 Å². The summed E-state index contributed by atoms with van der Waals surface area (Å²) in [5, 5.41) is 6.57. The van der Waals surface area contributed by atoms with Gasteiger partial charge in [0.2, 0.25) is 5.91 Å². The molecule has 4 heteroatoms. The SMILES string of the molecule is CC1(C)CCCNC1CNC(=O)CCc1cccnc1. The number of rotatable bonds is 5. The van der Waals surface area contributed by atoms with Gasteiger partial charge in [0.15, 0.2) is 0 Å². The second-order valence-corrected chi connectivity index (χ2v) is 6.26. The molecule has 1 aromatic heterocycles. The first kappa shape index (κ1) is 15.0. The number of hydrogen-bond acceptors (Lipinski definition) is 3. The molecule has 0 bridgehead atoms. The Bertz CT molecular complexity index is 431. The fourth-order valence-corrected chi connectivity index (χ4v) is 2.73. The second-order valence-electron chi connectivity index (χ2n) is 6.26. The Labute approximate surface area is 121 Å². The van der Waals surface area contributed by atoms with E-state index in [1.807, 2.05) is 18.3 Å². The number of aromatic nitrogens is 1.